The van der Waals surface area contributed by atoms with Crippen molar-refractivity contribution in [3.8, 4) is 57.5 Å². The van der Waals surface area contributed by atoms with Crippen LogP contribution in [0.5, 0.6) is 57.5 Å². The van der Waals surface area contributed by atoms with Crippen LogP contribution >= 0.6 is 0 Å². The molecule has 0 radical (unpaired) electrons. The highest BCUT2D eigenvalue weighted by Gasteiger charge is 1.94. The van der Waals surface area contributed by atoms with Crippen LogP contribution in [0.1, 0.15) is 0 Å². The van der Waals surface area contributed by atoms with Gasteiger partial charge in [-0.1, -0.05) is 36.4 Å². The van der Waals surface area contributed by atoms with Gasteiger partial charge >= 0.3 is 0 Å². The molecule has 0 aromatic heterocycles. The second kappa shape index (κ2) is 17.5. The average Bonchev–Trinajstić information content (AvgIpc) is 2.89. The molecule has 0 amide bonds. The fourth-order valence-corrected chi connectivity index (χ4v) is 2.42. The third-order valence-corrected chi connectivity index (χ3v) is 4.20. The molecule has 0 saturated heterocycles. The predicted octanol–water partition coefficient (Wildman–Crippen LogP) is 5.49. The van der Waals surface area contributed by atoms with Gasteiger partial charge in [-0.15, -0.1) is 0 Å². The summed E-state index contributed by atoms with van der Waals surface area (Å²) < 4.78 is 0. The number of hydrogen-bond donors (Lipinski definition) is 10. The number of benzene rings is 5. The van der Waals surface area contributed by atoms with Crippen LogP contribution in [0, 0.1) is 0 Å². The van der Waals surface area contributed by atoms with Gasteiger partial charge in [0.25, 0.3) is 0 Å². The summed E-state index contributed by atoms with van der Waals surface area (Å²) in [4.78, 5) is 0. The highest BCUT2D eigenvalue weighted by atomic mass is 16.3. The first kappa shape index (κ1) is 32.1. The maximum absolute atomic E-state index is 8.67. The molecule has 0 aliphatic heterocycles. The Hall–Kier alpha value is -5.90. The Morgan fingerprint density at radius 3 is 0.750 bits per heavy atom. The van der Waals surface area contributed by atoms with Gasteiger partial charge in [-0.3, -0.25) is 0 Å². The lowest BCUT2D eigenvalue weighted by atomic mass is 10.3. The molecule has 10 nitrogen and oxygen atoms in total. The summed E-state index contributed by atoms with van der Waals surface area (Å²) in [5.41, 5.74) is 0. The molecule has 40 heavy (non-hydrogen) atoms. The summed E-state index contributed by atoms with van der Waals surface area (Å²) in [6, 6.07) is 29.8. The van der Waals surface area contributed by atoms with Crippen molar-refractivity contribution in [2.75, 3.05) is 0 Å². The molecule has 0 aliphatic rings. The summed E-state index contributed by atoms with van der Waals surface area (Å²) in [7, 11) is 0. The molecule has 0 fully saturated rings. The number of rotatable bonds is 0. The van der Waals surface area contributed by atoms with E-state index in [2.05, 4.69) is 0 Å². The van der Waals surface area contributed by atoms with E-state index in [1.807, 2.05) is 6.07 Å². The van der Waals surface area contributed by atoms with Crippen molar-refractivity contribution in [2.45, 2.75) is 0 Å². The third-order valence-electron chi connectivity index (χ3n) is 4.20. The van der Waals surface area contributed by atoms with Crippen LogP contribution in [0.15, 0.2) is 121 Å². The molecule has 0 heterocycles. The smallest absolute Gasteiger partial charge is 0.157 e. The second-order valence-corrected chi connectivity index (χ2v) is 7.57. The lowest BCUT2D eigenvalue weighted by molar-refractivity contribution is 0.404. The standard InChI is InChI=1S/C6H6O3.3C6H6O2.C6H6O/c7-4-1-5(8)3-6(9)2-4;7-5-1-2-6(8)4-3-5;7-5-2-1-3-6(8)4-5;7-5-3-1-2-4-6(5)8;7-6-4-2-1-3-5-6/h1-3,7-9H;3*1-4,7-8H;1-5,7H. The van der Waals surface area contributed by atoms with E-state index in [0.29, 0.717) is 5.75 Å². The van der Waals surface area contributed by atoms with Gasteiger partial charge in [0.1, 0.15) is 46.0 Å². The summed E-state index contributed by atoms with van der Waals surface area (Å²) >= 11 is 0. The first-order valence-corrected chi connectivity index (χ1v) is 11.3. The minimum absolute atomic E-state index is 0.0764. The van der Waals surface area contributed by atoms with Crippen molar-refractivity contribution >= 4 is 0 Å². The van der Waals surface area contributed by atoms with Crippen molar-refractivity contribution in [2.24, 2.45) is 0 Å². The normalized spacial score (nSPS) is 9.00. The zero-order valence-corrected chi connectivity index (χ0v) is 21.0. The van der Waals surface area contributed by atoms with E-state index in [0.717, 1.165) is 18.2 Å². The fourth-order valence-electron chi connectivity index (χ4n) is 2.42. The van der Waals surface area contributed by atoms with Gasteiger partial charge in [-0.05, 0) is 60.7 Å². The largest absolute Gasteiger partial charge is 0.508 e. The molecule has 10 N–H and O–H groups in total. The minimum Gasteiger partial charge on any atom is -0.508 e. The first-order valence-electron chi connectivity index (χ1n) is 11.3. The molecule has 5 aromatic carbocycles. The van der Waals surface area contributed by atoms with Gasteiger partial charge in [-0.2, -0.15) is 0 Å². The quantitative estimate of drug-likeness (QED) is 0.0867. The van der Waals surface area contributed by atoms with Crippen molar-refractivity contribution < 1.29 is 51.1 Å². The summed E-state index contributed by atoms with van der Waals surface area (Å²) in [5, 5.41) is 86.6. The van der Waals surface area contributed by atoms with Gasteiger partial charge in [0.15, 0.2) is 11.5 Å². The Labute approximate surface area is 230 Å². The maximum atomic E-state index is 8.67. The van der Waals surface area contributed by atoms with E-state index in [-0.39, 0.29) is 51.7 Å². The number of phenolic OH excluding ortho intramolecular Hbond substituents is 10. The number of aromatic hydroxyl groups is 10. The molecule has 0 aliphatic carbocycles. The Bertz CT molecular complexity index is 1280. The van der Waals surface area contributed by atoms with Crippen LogP contribution in [-0.2, 0) is 0 Å². The number of phenols is 10. The topological polar surface area (TPSA) is 202 Å². The molecule has 5 rings (SSSR count). The predicted molar refractivity (Wildman–Crippen MR) is 149 cm³/mol. The fraction of sp³-hybridized carbons (Fsp3) is 0. The van der Waals surface area contributed by atoms with Crippen LogP contribution < -0.4 is 0 Å². The van der Waals surface area contributed by atoms with Gasteiger partial charge in [0.05, 0.1) is 0 Å². The first-order chi connectivity index (χ1) is 19.0. The molecule has 0 atom stereocenters. The Kier molecular flexibility index (Phi) is 14.1. The van der Waals surface area contributed by atoms with Crippen LogP contribution in [-0.4, -0.2) is 51.1 Å². The molecule has 5 aromatic rings. The number of para-hydroxylation sites is 3. The van der Waals surface area contributed by atoms with Crippen LogP contribution in [0.2, 0.25) is 0 Å². The maximum Gasteiger partial charge on any atom is 0.157 e. The molecule has 0 spiro atoms. The lowest BCUT2D eigenvalue weighted by Crippen LogP contribution is -1.66. The second-order valence-electron chi connectivity index (χ2n) is 7.57. The molecule has 210 valence electrons. The van der Waals surface area contributed by atoms with E-state index in [1.54, 1.807) is 42.5 Å². The summed E-state index contributed by atoms with van der Waals surface area (Å²) in [6.45, 7) is 0. The van der Waals surface area contributed by atoms with Crippen LogP contribution in [0.4, 0.5) is 0 Å². The lowest BCUT2D eigenvalue weighted by Gasteiger charge is -1.94. The Balaban J connectivity index is 0.000000250. The van der Waals surface area contributed by atoms with Gasteiger partial charge in [0.2, 0.25) is 0 Å². The molecular weight excluding hydrogens is 520 g/mol. The van der Waals surface area contributed by atoms with Crippen LogP contribution in [0.25, 0.3) is 0 Å². The zero-order chi connectivity index (χ0) is 29.9. The van der Waals surface area contributed by atoms with Gasteiger partial charge in [0, 0.05) is 24.3 Å². The van der Waals surface area contributed by atoms with E-state index < -0.39 is 0 Å². The monoisotopic (exact) mass is 550 g/mol. The Morgan fingerprint density at radius 2 is 0.500 bits per heavy atom. The summed E-state index contributed by atoms with van der Waals surface area (Å²) in [5.74, 6) is 0.246. The highest BCUT2D eigenvalue weighted by molar-refractivity contribution is 5.39. The third kappa shape index (κ3) is 15.3. The van der Waals surface area contributed by atoms with E-state index in [9.17, 15) is 0 Å². The molecular formula is C30H30O10. The summed E-state index contributed by atoms with van der Waals surface area (Å²) in [6.07, 6.45) is 0. The molecule has 0 unspecified atom stereocenters. The molecule has 0 bridgehead atoms. The molecule has 10 heteroatoms. The van der Waals surface area contributed by atoms with Crippen molar-refractivity contribution in [1.82, 2.24) is 0 Å². The SMILES string of the molecule is Oc1cc(O)cc(O)c1.Oc1ccc(O)cc1.Oc1cccc(O)c1.Oc1ccccc1.Oc1ccccc1O. The van der Waals surface area contributed by atoms with Gasteiger partial charge < -0.3 is 51.1 Å². The minimum atomic E-state index is -0.146. The Morgan fingerprint density at radius 1 is 0.225 bits per heavy atom. The van der Waals surface area contributed by atoms with Crippen molar-refractivity contribution in [3.63, 3.8) is 0 Å². The van der Waals surface area contributed by atoms with Gasteiger partial charge in [-0.25, -0.2) is 0 Å². The van der Waals surface area contributed by atoms with E-state index in [1.165, 1.54) is 54.6 Å². The zero-order valence-electron chi connectivity index (χ0n) is 21.0. The average molecular weight is 551 g/mol. The van der Waals surface area contributed by atoms with Crippen molar-refractivity contribution in [3.05, 3.63) is 121 Å². The highest BCUT2D eigenvalue weighted by Crippen LogP contribution is 2.24. The van der Waals surface area contributed by atoms with Crippen LogP contribution in [0.3, 0.4) is 0 Å². The molecule has 0 saturated carbocycles. The van der Waals surface area contributed by atoms with E-state index in [4.69, 9.17) is 51.1 Å². The van der Waals surface area contributed by atoms with Crippen molar-refractivity contribution in [1.29, 1.82) is 0 Å². The van der Waals surface area contributed by atoms with E-state index >= 15 is 0 Å². The number of hydrogen-bond acceptors (Lipinski definition) is 10.